The summed E-state index contributed by atoms with van der Waals surface area (Å²) < 4.78 is 10.9. The summed E-state index contributed by atoms with van der Waals surface area (Å²) in [7, 11) is 7.11. The Labute approximate surface area is 263 Å². The summed E-state index contributed by atoms with van der Waals surface area (Å²) in [5.41, 5.74) is 6.19. The fraction of sp³-hybridized carbons (Fsp3) is 0.265. The maximum atomic E-state index is 5.60. The molecule has 0 amide bonds. The van der Waals surface area contributed by atoms with Crippen LogP contribution in [0.2, 0.25) is 0 Å². The highest BCUT2D eigenvalue weighted by Gasteiger charge is 2.32. The van der Waals surface area contributed by atoms with E-state index >= 15 is 0 Å². The zero-order chi connectivity index (χ0) is 31.3. The van der Waals surface area contributed by atoms with Crippen LogP contribution in [-0.2, 0) is 25.8 Å². The minimum Gasteiger partial charge on any atom is -0.497 e. The number of hydrogen-bond donors (Lipinski definition) is 2. The average molecular weight is 604 g/mol. The predicted molar refractivity (Wildman–Crippen MR) is 179 cm³/mol. The van der Waals surface area contributed by atoms with Crippen molar-refractivity contribution in [1.82, 2.24) is 24.9 Å². The average Bonchev–Trinajstić information content (AvgIpc) is 3.81. The highest BCUT2D eigenvalue weighted by Crippen LogP contribution is 2.35. The second-order valence-corrected chi connectivity index (χ2v) is 10.7. The molecule has 0 bridgehead atoms. The van der Waals surface area contributed by atoms with Crippen molar-refractivity contribution in [3.63, 3.8) is 0 Å². The Kier molecular flexibility index (Phi) is 8.58. The first kappa shape index (κ1) is 29.6. The van der Waals surface area contributed by atoms with E-state index in [2.05, 4.69) is 67.9 Å². The fourth-order valence-electron chi connectivity index (χ4n) is 5.36. The first-order chi connectivity index (χ1) is 22.0. The van der Waals surface area contributed by atoms with E-state index < -0.39 is 0 Å². The molecule has 1 aliphatic heterocycles. The van der Waals surface area contributed by atoms with E-state index in [1.54, 1.807) is 20.5 Å². The van der Waals surface area contributed by atoms with Crippen molar-refractivity contribution in [2.45, 2.75) is 32.7 Å². The Morgan fingerprint density at radius 2 is 1.73 bits per heavy atom. The van der Waals surface area contributed by atoms with Gasteiger partial charge < -0.3 is 20.1 Å². The summed E-state index contributed by atoms with van der Waals surface area (Å²) >= 11 is 0. The molecule has 0 fully saturated rings. The number of pyridine rings is 2. The normalized spacial score (nSPS) is 12.1. The Bertz CT molecular complexity index is 1860. The van der Waals surface area contributed by atoms with Crippen LogP contribution in [0.3, 0.4) is 0 Å². The quantitative estimate of drug-likeness (QED) is 0.182. The van der Waals surface area contributed by atoms with Crippen LogP contribution in [0.15, 0.2) is 78.4 Å². The number of rotatable bonds is 12. The van der Waals surface area contributed by atoms with Crippen molar-refractivity contribution in [2.24, 2.45) is 5.10 Å². The maximum Gasteiger partial charge on any atom is 0.250 e. The van der Waals surface area contributed by atoms with E-state index in [0.717, 1.165) is 81.0 Å². The number of hydrazone groups is 1. The molecule has 45 heavy (non-hydrogen) atoms. The van der Waals surface area contributed by atoms with E-state index in [4.69, 9.17) is 19.4 Å². The summed E-state index contributed by atoms with van der Waals surface area (Å²) in [4.78, 5) is 20.7. The fourth-order valence-corrected chi connectivity index (χ4v) is 5.36. The van der Waals surface area contributed by atoms with Crippen LogP contribution in [-0.4, -0.2) is 59.2 Å². The largest absolute Gasteiger partial charge is 0.497 e. The predicted octanol–water partition coefficient (Wildman–Crippen LogP) is 5.79. The first-order valence-corrected chi connectivity index (χ1v) is 14.9. The third kappa shape index (κ3) is 6.42. The molecule has 0 saturated heterocycles. The summed E-state index contributed by atoms with van der Waals surface area (Å²) in [5, 5.41) is 14.1. The van der Waals surface area contributed by atoms with Gasteiger partial charge in [0.2, 0.25) is 5.96 Å². The van der Waals surface area contributed by atoms with Gasteiger partial charge in [0, 0.05) is 49.4 Å². The number of nitrogens with one attached hydrogen (secondary N) is 2. The monoisotopic (exact) mass is 603 g/mol. The van der Waals surface area contributed by atoms with Gasteiger partial charge in [-0.3, -0.25) is 9.88 Å². The van der Waals surface area contributed by atoms with Crippen LogP contribution in [0.25, 0.3) is 10.9 Å². The topological polar surface area (TPSA) is 113 Å². The Hall–Kier alpha value is -5.45. The molecule has 6 rings (SSSR count). The molecule has 0 radical (unpaired) electrons. The molecular weight excluding hydrogens is 566 g/mol. The second kappa shape index (κ2) is 13.0. The van der Waals surface area contributed by atoms with E-state index in [0.29, 0.717) is 13.0 Å². The van der Waals surface area contributed by atoms with E-state index in [9.17, 15) is 0 Å². The molecule has 11 heteroatoms. The molecule has 0 saturated carbocycles. The summed E-state index contributed by atoms with van der Waals surface area (Å²) in [6, 6.07) is 18.5. The minimum absolute atomic E-state index is 0.523. The molecule has 0 unspecified atom stereocenters. The Balaban J connectivity index is 1.25. The van der Waals surface area contributed by atoms with Crippen LogP contribution in [0, 0.1) is 0 Å². The van der Waals surface area contributed by atoms with Gasteiger partial charge in [-0.05, 0) is 66.8 Å². The maximum absolute atomic E-state index is 5.60. The third-order valence-corrected chi connectivity index (χ3v) is 7.87. The zero-order valence-electron chi connectivity index (χ0n) is 26.2. The molecule has 0 aliphatic carbocycles. The number of aryl methyl sites for hydroxylation is 2. The van der Waals surface area contributed by atoms with Gasteiger partial charge in [-0.25, -0.2) is 20.0 Å². The number of ether oxygens (including phenoxy) is 2. The molecule has 4 heterocycles. The van der Waals surface area contributed by atoms with Gasteiger partial charge in [-0.2, -0.15) is 0 Å². The Morgan fingerprint density at radius 1 is 0.911 bits per heavy atom. The number of methoxy groups -OCH3 is 2. The standard InChI is InChI=1S/C34H37N9O2/c1-6-28-32(37-19-25-11-13-27(44-4)17-30(25)45-5)38-21-39-33(28)43(34-41-42(34)3)26-15-23(18-36-20-26)8-7-22-9-10-24-12-14-31(35-2)40-29(24)16-22/h9-18,20-21H,6-8,19H2,1-5H3,(H,35,40)(H,37,38,39). The van der Waals surface area contributed by atoms with Crippen LogP contribution in [0.4, 0.5) is 23.1 Å². The van der Waals surface area contributed by atoms with Crippen LogP contribution in [0.5, 0.6) is 11.5 Å². The lowest BCUT2D eigenvalue weighted by Gasteiger charge is -2.23. The van der Waals surface area contributed by atoms with Gasteiger partial charge in [0.15, 0.2) is 0 Å². The second-order valence-electron chi connectivity index (χ2n) is 10.7. The summed E-state index contributed by atoms with van der Waals surface area (Å²) in [5.74, 6) is 4.66. The van der Waals surface area contributed by atoms with Crippen LogP contribution < -0.4 is 25.0 Å². The van der Waals surface area contributed by atoms with Crippen molar-refractivity contribution in [2.75, 3.05) is 43.8 Å². The lowest BCUT2D eigenvalue weighted by Crippen LogP contribution is -2.26. The number of fused-ring (bicyclic) bond motifs is 1. The molecular formula is C34H37N9O2. The van der Waals surface area contributed by atoms with Gasteiger partial charge in [0.1, 0.15) is 35.3 Å². The van der Waals surface area contributed by atoms with E-state index in [1.807, 2.05) is 55.8 Å². The smallest absolute Gasteiger partial charge is 0.250 e. The van der Waals surface area contributed by atoms with Crippen molar-refractivity contribution < 1.29 is 9.47 Å². The molecule has 2 N–H and O–H groups in total. The van der Waals surface area contributed by atoms with Crippen molar-refractivity contribution in [3.05, 3.63) is 95.6 Å². The molecule has 11 nitrogen and oxygen atoms in total. The number of benzene rings is 2. The van der Waals surface area contributed by atoms with Gasteiger partial charge in [0.05, 0.1) is 31.6 Å². The molecule has 0 atom stereocenters. The first-order valence-electron chi connectivity index (χ1n) is 14.9. The van der Waals surface area contributed by atoms with Gasteiger partial charge >= 0.3 is 0 Å². The van der Waals surface area contributed by atoms with Gasteiger partial charge in [0.25, 0.3) is 0 Å². The molecule has 3 aromatic heterocycles. The molecule has 5 aromatic rings. The van der Waals surface area contributed by atoms with Gasteiger partial charge in [-0.15, -0.1) is 5.10 Å². The molecule has 2 aromatic carbocycles. The van der Waals surface area contributed by atoms with Gasteiger partial charge in [-0.1, -0.05) is 19.1 Å². The SMILES string of the molecule is CCc1c(NCc2ccc(OC)cc2OC)ncnc1N(C1=NN1C)c1cncc(CCc2ccc3ccc(NC)nc3c2)c1. The minimum atomic E-state index is 0.523. The van der Waals surface area contributed by atoms with Crippen LogP contribution >= 0.6 is 0 Å². The molecule has 0 spiro atoms. The van der Waals surface area contributed by atoms with Crippen molar-refractivity contribution >= 4 is 40.0 Å². The lowest BCUT2D eigenvalue weighted by molar-refractivity contribution is 0.391. The molecule has 1 aliphatic rings. The number of nitrogens with zero attached hydrogens (tertiary/aromatic N) is 7. The third-order valence-electron chi connectivity index (χ3n) is 7.87. The van der Waals surface area contributed by atoms with E-state index in [-0.39, 0.29) is 0 Å². The number of anilines is 4. The highest BCUT2D eigenvalue weighted by molar-refractivity contribution is 6.08. The van der Waals surface area contributed by atoms with Crippen molar-refractivity contribution in [1.29, 1.82) is 0 Å². The van der Waals surface area contributed by atoms with Crippen molar-refractivity contribution in [3.8, 4) is 11.5 Å². The summed E-state index contributed by atoms with van der Waals surface area (Å²) in [6.45, 7) is 2.62. The molecule has 230 valence electrons. The van der Waals surface area contributed by atoms with Crippen LogP contribution in [0.1, 0.15) is 29.2 Å². The highest BCUT2D eigenvalue weighted by atomic mass is 16.5. The lowest BCUT2D eigenvalue weighted by atomic mass is 10.0. The number of hydrogen-bond acceptors (Lipinski definition) is 11. The Morgan fingerprint density at radius 3 is 2.49 bits per heavy atom. The zero-order valence-corrected chi connectivity index (χ0v) is 26.2. The number of guanidine groups is 1. The number of aromatic nitrogens is 4. The summed E-state index contributed by atoms with van der Waals surface area (Å²) in [6.07, 6.45) is 7.77. The van der Waals surface area contributed by atoms with E-state index in [1.165, 1.54) is 5.56 Å².